The molecule has 12 amide bonds. The topological polar surface area (TPSA) is 609 Å². The van der Waals surface area contributed by atoms with E-state index in [2.05, 4.69) is 78.6 Å². The largest absolute Gasteiger partial charge is 0.488 e. The first-order chi connectivity index (χ1) is 67.6. The minimum atomic E-state index is -4.56. The van der Waals surface area contributed by atoms with Gasteiger partial charge in [-0.15, -0.1) is 11.8 Å². The third-order valence-corrected chi connectivity index (χ3v) is 27.9. The van der Waals surface area contributed by atoms with Crippen molar-refractivity contribution in [3.63, 3.8) is 0 Å². The zero-order valence-corrected chi connectivity index (χ0v) is 92.7. The molecule has 0 aliphatic carbocycles. The van der Waals surface area contributed by atoms with E-state index in [4.69, 9.17) is 49.7 Å². The molecule has 4 aromatic carbocycles. The van der Waals surface area contributed by atoms with Gasteiger partial charge in [0.2, 0.25) is 82.8 Å². The number of fused-ring (bicyclic) bond motifs is 2. The van der Waals surface area contributed by atoms with Crippen LogP contribution in [0.5, 0.6) is 23.0 Å². The molecule has 3 aliphatic rings. The molecule has 19 N–H and O–H groups in total. The first-order valence-electron chi connectivity index (χ1n) is 49.2. The predicted molar refractivity (Wildman–Crippen MR) is 556 cm³/mol. The Morgan fingerprint density at radius 1 is 0.476 bits per heavy atom. The highest BCUT2D eigenvalue weighted by molar-refractivity contribution is 8.00. The zero-order chi connectivity index (χ0) is 111. The zero-order valence-electron chi connectivity index (χ0n) is 90.3. The Kier molecular flexibility index (Phi) is 41.8. The van der Waals surface area contributed by atoms with E-state index in [1.165, 1.54) is 27.7 Å². The van der Waals surface area contributed by atoms with Crippen LogP contribution in [0.4, 0.5) is 0 Å². The summed E-state index contributed by atoms with van der Waals surface area (Å²) < 4.78 is 106. The van der Waals surface area contributed by atoms with Crippen LogP contribution in [0.1, 0.15) is 247 Å². The predicted octanol–water partition coefficient (Wildman–Crippen LogP) is 5.09. The van der Waals surface area contributed by atoms with E-state index in [-0.39, 0.29) is 42.1 Å². The number of carbonyl (C=O) groups is 13. The average Bonchev–Trinajstić information content (AvgIpc) is 1.62. The maximum absolute atomic E-state index is 16.2. The number of hydrogen-bond acceptors (Lipinski definition) is 27. The molecule has 0 radical (unpaired) electrons. The van der Waals surface area contributed by atoms with Crippen molar-refractivity contribution in [3.05, 3.63) is 104 Å². The summed E-state index contributed by atoms with van der Waals surface area (Å²) in [6, 6.07) is -3.88. The molecule has 12 atom stereocenters. The molecular weight excluding hydrogens is 1960 g/mol. The van der Waals surface area contributed by atoms with Gasteiger partial charge in [0.15, 0.2) is 0 Å². The quantitative estimate of drug-likeness (QED) is 0.0157. The molecule has 0 bridgehead atoms. The van der Waals surface area contributed by atoms with Gasteiger partial charge in [0.05, 0.1) is 70.2 Å². The van der Waals surface area contributed by atoms with Gasteiger partial charge in [-0.25, -0.2) is 26.3 Å². The van der Waals surface area contributed by atoms with Crippen molar-refractivity contribution < 1.29 is 112 Å². The summed E-state index contributed by atoms with van der Waals surface area (Å²) in [7, 11) is -9.03. The summed E-state index contributed by atoms with van der Waals surface area (Å²) in [5.74, 6) is -14.2. The van der Waals surface area contributed by atoms with Crippen LogP contribution in [0, 0.1) is 52.4 Å². The van der Waals surface area contributed by atoms with Crippen molar-refractivity contribution in [2.75, 3.05) is 37.7 Å². The van der Waals surface area contributed by atoms with Crippen LogP contribution in [0.3, 0.4) is 0 Å². The Hall–Kier alpha value is -11.9. The van der Waals surface area contributed by atoms with Gasteiger partial charge in [0.1, 0.15) is 106 Å². The van der Waals surface area contributed by atoms with Crippen molar-refractivity contribution in [2.45, 2.75) is 380 Å². The van der Waals surface area contributed by atoms with E-state index in [1.54, 1.807) is 173 Å². The molecule has 1 fully saturated rings. The Labute approximate surface area is 868 Å². The number of primary amides is 1. The van der Waals surface area contributed by atoms with E-state index >= 15 is 43.2 Å². The third kappa shape index (κ3) is 37.7. The standard InChI is InChI=1S/C102H156N18O24S3/c1-53(121)49-108-77(124)50-109-85(125)69(32-30-42-106-94(104)119-146(134,135)83-56(4)54(2)67-47-101(26,27)143-81(67)58(83)6)111-87(127)71(44-63-34-38-65(39-35-63)141-99(20,21)22)113-88(128)72(45-64-36-40-66(41-37-64)142-100(23,24)25)114-89(129)73-46-76(123)110-74(51-145-52-75(103)122)90(130)116-79(61(9)139-97(14,15)16)92(132)118-80(62(10)140-98(17,18)19)93(133)117-78(60(8)138-96(11,12)13)91(131)112-70(86(126)115-73)33-31-43-107-95(105)120-147(136,137)84-57(5)55(3)68-48-102(28,29)144-82(68)59(84)7/h34-41,60-62,69-74,78-80H,30-33,42-52H2,1-29H3,(H2,103,122)(H,108,124)(H,109,125)(H,110,123)(H,111,127)(H,112,131)(H,113,128)(H,114,129)(H,115,126)(H,116,130)(H,117,133)(H,118,132)(H3,104,106,119)(H3,105,107,120)/t60-,61-,62-,69+,70+,71+,72+,73+,74+,78+,79+,80+/m1/s1. The summed E-state index contributed by atoms with van der Waals surface area (Å²) in [6.45, 7) is 47.4. The molecule has 816 valence electrons. The number of nitrogens with one attached hydrogen (secondary N) is 17. The Bertz CT molecular complexity index is 5760. The minimum Gasteiger partial charge on any atom is -0.488 e. The summed E-state index contributed by atoms with van der Waals surface area (Å²) in [5, 5.41) is 52.2. The molecule has 0 spiro atoms. The average molecular weight is 2110 g/mol. The summed E-state index contributed by atoms with van der Waals surface area (Å²) in [6.07, 6.45) is -6.12. The second-order valence-electron chi connectivity index (χ2n) is 43.9. The molecule has 3 aliphatic heterocycles. The molecule has 1 saturated heterocycles. The normalized spacial score (nSPS) is 19.3. The van der Waals surface area contributed by atoms with Crippen LogP contribution in [0.15, 0.2) is 58.3 Å². The van der Waals surface area contributed by atoms with Gasteiger partial charge in [-0.2, -0.15) is 0 Å². The highest BCUT2D eigenvalue weighted by Crippen LogP contribution is 2.46. The van der Waals surface area contributed by atoms with E-state index in [1.807, 2.05) is 48.5 Å². The second kappa shape index (κ2) is 50.4. The molecular formula is C102H156N18O24S3. The number of guanidine groups is 2. The van der Waals surface area contributed by atoms with Crippen LogP contribution < -0.4 is 103 Å². The number of rotatable bonds is 39. The van der Waals surface area contributed by atoms with Gasteiger partial charge in [0.25, 0.3) is 20.0 Å². The fraction of sp³-hybridized carbons (Fsp3) is 0.618. The van der Waals surface area contributed by atoms with Crippen molar-refractivity contribution in [2.24, 2.45) is 5.73 Å². The maximum atomic E-state index is 16.2. The van der Waals surface area contributed by atoms with E-state index in [0.29, 0.717) is 80.3 Å². The number of thioether (sulfide) groups is 1. The lowest BCUT2D eigenvalue weighted by molar-refractivity contribution is -0.147. The minimum absolute atomic E-state index is 0.0931. The number of amides is 12. The maximum Gasteiger partial charge on any atom is 0.264 e. The van der Waals surface area contributed by atoms with Crippen LogP contribution in [0.25, 0.3) is 0 Å². The van der Waals surface area contributed by atoms with Gasteiger partial charge in [-0.1, -0.05) is 24.3 Å². The van der Waals surface area contributed by atoms with Gasteiger partial charge in [-0.3, -0.25) is 73.1 Å². The van der Waals surface area contributed by atoms with E-state index < -0.39 is 271 Å². The molecule has 45 heteroatoms. The van der Waals surface area contributed by atoms with Gasteiger partial charge >= 0.3 is 0 Å². The lowest BCUT2D eigenvalue weighted by Crippen LogP contribution is -2.65. The molecule has 4 aromatic rings. The number of carbonyl (C=O) groups excluding carboxylic acids is 13. The lowest BCUT2D eigenvalue weighted by atomic mass is 9.93. The van der Waals surface area contributed by atoms with Crippen LogP contribution in [-0.4, -0.2) is 255 Å². The smallest absolute Gasteiger partial charge is 0.264 e. The molecule has 3 heterocycles. The number of ketones is 1. The van der Waals surface area contributed by atoms with Crippen molar-refractivity contribution in [3.8, 4) is 23.0 Å². The number of Topliss-reactive ketones (excluding diaryl/α,β-unsaturated/α-hetero) is 1. The van der Waals surface area contributed by atoms with E-state index in [0.717, 1.165) is 22.9 Å². The summed E-state index contributed by atoms with van der Waals surface area (Å²) in [4.78, 5) is 194. The Morgan fingerprint density at radius 3 is 1.27 bits per heavy atom. The fourth-order valence-electron chi connectivity index (χ4n) is 17.2. The van der Waals surface area contributed by atoms with Crippen LogP contribution >= 0.6 is 11.8 Å². The monoisotopic (exact) mass is 2110 g/mol. The van der Waals surface area contributed by atoms with Crippen molar-refractivity contribution in [1.82, 2.24) is 78.6 Å². The van der Waals surface area contributed by atoms with Crippen molar-refractivity contribution in [1.29, 1.82) is 10.8 Å². The molecule has 0 aromatic heterocycles. The number of nitrogens with two attached hydrogens (primary N) is 1. The second-order valence-corrected chi connectivity index (χ2v) is 48.2. The fourth-order valence-corrected chi connectivity index (χ4v) is 21.0. The summed E-state index contributed by atoms with van der Waals surface area (Å²) >= 11 is 0.768. The summed E-state index contributed by atoms with van der Waals surface area (Å²) in [5.41, 5.74) is 5.00. The Morgan fingerprint density at radius 2 is 0.864 bits per heavy atom. The highest BCUT2D eigenvalue weighted by atomic mass is 32.2. The first kappa shape index (κ1) is 122. The molecule has 7 rings (SSSR count). The lowest BCUT2D eigenvalue weighted by Gasteiger charge is -2.36. The highest BCUT2D eigenvalue weighted by Gasteiger charge is 2.46. The van der Waals surface area contributed by atoms with E-state index in [9.17, 15) is 36.0 Å². The third-order valence-electron chi connectivity index (χ3n) is 23.6. The number of ether oxygens (including phenoxy) is 7. The van der Waals surface area contributed by atoms with Crippen molar-refractivity contribution >= 4 is 120 Å². The number of hydrogen-bond donors (Lipinski definition) is 18. The number of sulfonamides is 2. The molecule has 42 nitrogen and oxygen atoms in total. The van der Waals surface area contributed by atoms with Gasteiger partial charge in [0, 0.05) is 66.8 Å². The molecule has 0 unspecified atom stereocenters. The van der Waals surface area contributed by atoms with Crippen LogP contribution in [-0.2, 0) is 122 Å². The SMILES string of the molecule is CC(=O)CNC(=O)CNC(=O)[C@H](CCCNC(=N)NS(=O)(=O)c1c(C)c(C)c2c(c1C)OC(C)(C)C2)NC(=O)[C@H](Cc1ccc(OC(C)(C)C)cc1)NC(=O)[C@H](Cc1ccc(OC(C)(C)C)cc1)NC(=O)[C@@H]1CC(=O)N[C@@H](CSCC(N)=O)C(=O)N[C@@H]([C@@H](C)OC(C)(C)C)C(=O)N[C@@H]([C@@H](C)OC(C)(C)C)C(=O)N[C@@H]([C@@H](C)OC(C)(C)C)C(=O)N[C@@H](CCCNC(=N)NS(=O)(=O)c2c(C)c(C)c3c(c2C)OC(C)(C)C3)C(=O)N1. The first-order valence-corrected chi connectivity index (χ1v) is 53.3. The van der Waals surface area contributed by atoms with Gasteiger partial charge in [-0.05, 0) is 284 Å². The van der Waals surface area contributed by atoms with Crippen LogP contribution in [0.2, 0.25) is 0 Å². The number of benzene rings is 4. The molecule has 147 heavy (non-hydrogen) atoms. The Balaban J connectivity index is 1.38. The molecule has 0 saturated carbocycles. The van der Waals surface area contributed by atoms with Gasteiger partial charge < -0.3 is 108 Å².